The Kier molecular flexibility index (Phi) is 6.06. The molecule has 2 amide bonds. The molecule has 1 aromatic carbocycles. The second kappa shape index (κ2) is 7.81. The van der Waals surface area contributed by atoms with Crippen LogP contribution in [0.25, 0.3) is 0 Å². The largest absolute Gasteiger partial charge is 0.385 e. The third kappa shape index (κ3) is 4.60. The minimum absolute atomic E-state index is 0.0783. The van der Waals surface area contributed by atoms with Crippen LogP contribution in [0.1, 0.15) is 12.8 Å². The van der Waals surface area contributed by atoms with Crippen molar-refractivity contribution in [2.45, 2.75) is 12.8 Å². The topological polar surface area (TPSA) is 67.4 Å². The summed E-state index contributed by atoms with van der Waals surface area (Å²) in [5.41, 5.74) is 0.575. The number of hydrogen-bond donors (Lipinski definition) is 2. The van der Waals surface area contributed by atoms with E-state index in [0.717, 1.165) is 6.42 Å². The summed E-state index contributed by atoms with van der Waals surface area (Å²) in [5.74, 6) is -0.775. The van der Waals surface area contributed by atoms with Crippen molar-refractivity contribution in [1.82, 2.24) is 5.32 Å². The van der Waals surface area contributed by atoms with Crippen LogP contribution in [0.5, 0.6) is 0 Å². The highest BCUT2D eigenvalue weighted by Crippen LogP contribution is 2.39. The van der Waals surface area contributed by atoms with Crippen LogP contribution < -0.4 is 10.6 Å². The number of methoxy groups -OCH3 is 1. The maximum atomic E-state index is 12.1. The first kappa shape index (κ1) is 17.1. The lowest BCUT2D eigenvalue weighted by molar-refractivity contribution is -0.125. The van der Waals surface area contributed by atoms with Gasteiger partial charge in [0.25, 0.3) is 0 Å². The molecule has 1 aliphatic carbocycles. The van der Waals surface area contributed by atoms with Crippen molar-refractivity contribution in [1.29, 1.82) is 0 Å². The van der Waals surface area contributed by atoms with Crippen molar-refractivity contribution < 1.29 is 14.3 Å². The number of amides is 2. The Morgan fingerprint density at radius 2 is 1.95 bits per heavy atom. The first-order valence-corrected chi connectivity index (χ1v) is 7.81. The minimum atomic E-state index is -0.281. The van der Waals surface area contributed by atoms with E-state index in [-0.39, 0.29) is 23.7 Å². The highest BCUT2D eigenvalue weighted by Gasteiger charge is 2.47. The summed E-state index contributed by atoms with van der Waals surface area (Å²) in [7, 11) is 1.62. The molecule has 2 rings (SSSR count). The number of carbonyl (C=O) groups excluding carboxylic acids is 2. The van der Waals surface area contributed by atoms with Gasteiger partial charge in [0.15, 0.2) is 0 Å². The molecule has 7 heteroatoms. The Labute approximate surface area is 139 Å². The average molecular weight is 345 g/mol. The molecule has 0 aromatic heterocycles. The smallest absolute Gasteiger partial charge is 0.228 e. The van der Waals surface area contributed by atoms with Crippen LogP contribution in [0.2, 0.25) is 10.0 Å². The van der Waals surface area contributed by atoms with Crippen LogP contribution in [0.3, 0.4) is 0 Å². The van der Waals surface area contributed by atoms with Crippen LogP contribution in [0.4, 0.5) is 5.69 Å². The van der Waals surface area contributed by atoms with E-state index >= 15 is 0 Å². The van der Waals surface area contributed by atoms with Crippen molar-refractivity contribution in [2.75, 3.05) is 25.6 Å². The van der Waals surface area contributed by atoms with Gasteiger partial charge in [-0.3, -0.25) is 9.59 Å². The molecule has 2 N–H and O–H groups in total. The Morgan fingerprint density at radius 1 is 1.23 bits per heavy atom. The van der Waals surface area contributed by atoms with Gasteiger partial charge in [0, 0.05) is 25.9 Å². The average Bonchev–Trinajstić information content (AvgIpc) is 3.28. The second-order valence-corrected chi connectivity index (χ2v) is 6.02. The van der Waals surface area contributed by atoms with Gasteiger partial charge in [0.1, 0.15) is 0 Å². The molecule has 0 spiro atoms. The Morgan fingerprint density at radius 3 is 2.64 bits per heavy atom. The van der Waals surface area contributed by atoms with E-state index in [1.54, 1.807) is 25.3 Å². The molecule has 5 nitrogen and oxygen atoms in total. The van der Waals surface area contributed by atoms with E-state index in [0.29, 0.717) is 35.3 Å². The van der Waals surface area contributed by atoms with Crippen LogP contribution in [0.15, 0.2) is 18.2 Å². The summed E-state index contributed by atoms with van der Waals surface area (Å²) in [5, 5.41) is 6.37. The summed E-state index contributed by atoms with van der Waals surface area (Å²) >= 11 is 11.7. The number of carbonyl (C=O) groups is 2. The number of halogens is 2. The van der Waals surface area contributed by atoms with Gasteiger partial charge in [0.05, 0.1) is 21.9 Å². The molecule has 0 heterocycles. The molecule has 0 saturated heterocycles. The SMILES string of the molecule is COCCCNC(=O)C1CC1C(=O)Nc1ccc(Cl)c(Cl)c1. The molecule has 1 saturated carbocycles. The van der Waals surface area contributed by atoms with Gasteiger partial charge in [-0.05, 0) is 31.0 Å². The zero-order valence-electron chi connectivity index (χ0n) is 12.2. The number of nitrogens with one attached hydrogen (secondary N) is 2. The highest BCUT2D eigenvalue weighted by atomic mass is 35.5. The van der Waals surface area contributed by atoms with E-state index < -0.39 is 0 Å². The number of ether oxygens (including phenoxy) is 1. The first-order valence-electron chi connectivity index (χ1n) is 7.05. The van der Waals surface area contributed by atoms with Crippen LogP contribution in [-0.2, 0) is 14.3 Å². The summed E-state index contributed by atoms with van der Waals surface area (Å²) in [6.45, 7) is 1.16. The van der Waals surface area contributed by atoms with Gasteiger partial charge >= 0.3 is 0 Å². The predicted octanol–water partition coefficient (Wildman–Crippen LogP) is 2.72. The van der Waals surface area contributed by atoms with E-state index in [1.807, 2.05) is 0 Å². The lowest BCUT2D eigenvalue weighted by Crippen LogP contribution is -2.28. The van der Waals surface area contributed by atoms with Gasteiger partial charge in [-0.2, -0.15) is 0 Å². The molecule has 2 atom stereocenters. The normalized spacial score (nSPS) is 19.6. The standard InChI is InChI=1S/C15H18Cl2N2O3/c1-22-6-2-5-18-14(20)10-8-11(10)15(21)19-9-3-4-12(16)13(17)7-9/h3-4,7,10-11H,2,5-6,8H2,1H3,(H,18,20)(H,19,21). The minimum Gasteiger partial charge on any atom is -0.385 e. The molecule has 0 bridgehead atoms. The van der Waals surface area contributed by atoms with Gasteiger partial charge in [0.2, 0.25) is 11.8 Å². The highest BCUT2D eigenvalue weighted by molar-refractivity contribution is 6.42. The van der Waals surface area contributed by atoms with E-state index in [9.17, 15) is 9.59 Å². The molecule has 0 aliphatic heterocycles. The fraction of sp³-hybridized carbons (Fsp3) is 0.467. The van der Waals surface area contributed by atoms with Gasteiger partial charge in [-0.25, -0.2) is 0 Å². The lowest BCUT2D eigenvalue weighted by Gasteiger charge is -2.07. The summed E-state index contributed by atoms with van der Waals surface area (Å²) in [4.78, 5) is 23.9. The third-order valence-corrected chi connectivity index (χ3v) is 4.21. The monoisotopic (exact) mass is 344 g/mol. The molecule has 1 fully saturated rings. The van der Waals surface area contributed by atoms with Crippen molar-refractivity contribution in [3.8, 4) is 0 Å². The summed E-state index contributed by atoms with van der Waals surface area (Å²) < 4.78 is 4.91. The number of hydrogen-bond acceptors (Lipinski definition) is 3. The maximum Gasteiger partial charge on any atom is 0.228 e. The second-order valence-electron chi connectivity index (χ2n) is 5.20. The Bertz CT molecular complexity index is 566. The van der Waals surface area contributed by atoms with Crippen molar-refractivity contribution >= 4 is 40.7 Å². The Hall–Kier alpha value is -1.30. The number of rotatable bonds is 7. The zero-order valence-corrected chi connectivity index (χ0v) is 13.7. The van der Waals surface area contributed by atoms with E-state index in [1.165, 1.54) is 0 Å². The van der Waals surface area contributed by atoms with E-state index in [2.05, 4.69) is 10.6 Å². The summed E-state index contributed by atoms with van der Waals surface area (Å²) in [6, 6.07) is 4.88. The predicted molar refractivity (Wildman–Crippen MR) is 86.2 cm³/mol. The van der Waals surface area contributed by atoms with Crippen LogP contribution in [-0.4, -0.2) is 32.1 Å². The zero-order chi connectivity index (χ0) is 16.1. The molecule has 0 radical (unpaired) electrons. The number of anilines is 1. The molecule has 1 aromatic rings. The maximum absolute atomic E-state index is 12.1. The quantitative estimate of drug-likeness (QED) is 0.747. The van der Waals surface area contributed by atoms with Gasteiger partial charge < -0.3 is 15.4 Å². The molecule has 120 valence electrons. The fourth-order valence-corrected chi connectivity index (χ4v) is 2.44. The molecular weight excluding hydrogens is 327 g/mol. The lowest BCUT2D eigenvalue weighted by atomic mass is 10.2. The third-order valence-electron chi connectivity index (χ3n) is 3.48. The van der Waals surface area contributed by atoms with Crippen LogP contribution >= 0.6 is 23.2 Å². The van der Waals surface area contributed by atoms with Crippen molar-refractivity contribution in [2.24, 2.45) is 11.8 Å². The van der Waals surface area contributed by atoms with Crippen LogP contribution in [0, 0.1) is 11.8 Å². The van der Waals surface area contributed by atoms with Crippen molar-refractivity contribution in [3.63, 3.8) is 0 Å². The molecule has 22 heavy (non-hydrogen) atoms. The Balaban J connectivity index is 1.78. The molecule has 2 unspecified atom stereocenters. The number of benzene rings is 1. The van der Waals surface area contributed by atoms with E-state index in [4.69, 9.17) is 27.9 Å². The first-order chi connectivity index (χ1) is 10.5. The van der Waals surface area contributed by atoms with Gasteiger partial charge in [-0.15, -0.1) is 0 Å². The van der Waals surface area contributed by atoms with Crippen molar-refractivity contribution in [3.05, 3.63) is 28.2 Å². The molecular formula is C15H18Cl2N2O3. The van der Waals surface area contributed by atoms with Gasteiger partial charge in [-0.1, -0.05) is 23.2 Å². The fourth-order valence-electron chi connectivity index (χ4n) is 2.14. The molecule has 1 aliphatic rings. The summed E-state index contributed by atoms with van der Waals surface area (Å²) in [6.07, 6.45) is 1.33.